The van der Waals surface area contributed by atoms with E-state index in [-0.39, 0.29) is 0 Å². The summed E-state index contributed by atoms with van der Waals surface area (Å²) in [5.41, 5.74) is 0. The van der Waals surface area contributed by atoms with Gasteiger partial charge in [0.25, 0.3) is 0 Å². The molecule has 0 heterocycles. The molecule has 100 valence electrons. The van der Waals surface area contributed by atoms with Crippen molar-refractivity contribution in [2.45, 2.75) is 71.8 Å². The van der Waals surface area contributed by atoms with Gasteiger partial charge < -0.3 is 5.32 Å². The maximum atomic E-state index is 3.89. The largest absolute Gasteiger partial charge is 0.313 e. The Morgan fingerprint density at radius 1 is 1.06 bits per heavy atom. The molecule has 0 saturated heterocycles. The van der Waals surface area contributed by atoms with Crippen LogP contribution in [0, 0.1) is 23.7 Å². The average Bonchev–Trinajstić information content (AvgIpc) is 2.67. The van der Waals surface area contributed by atoms with Crippen LogP contribution in [0.1, 0.15) is 65.7 Å². The Morgan fingerprint density at radius 2 is 1.88 bits per heavy atom. The Hall–Kier alpha value is -0.0400. The number of nitrogens with one attached hydrogen (secondary N) is 1. The Morgan fingerprint density at radius 3 is 2.53 bits per heavy atom. The van der Waals surface area contributed by atoms with Crippen molar-refractivity contribution in [1.29, 1.82) is 0 Å². The summed E-state index contributed by atoms with van der Waals surface area (Å²) in [6.07, 6.45) is 10.1. The van der Waals surface area contributed by atoms with Crippen LogP contribution < -0.4 is 5.32 Å². The molecule has 2 saturated carbocycles. The Balaban J connectivity index is 1.71. The van der Waals surface area contributed by atoms with E-state index in [1.165, 1.54) is 51.5 Å². The Labute approximate surface area is 108 Å². The molecule has 0 spiro atoms. The molecule has 1 nitrogen and oxygen atoms in total. The Kier molecular flexibility index (Phi) is 4.90. The summed E-state index contributed by atoms with van der Waals surface area (Å²) in [5.74, 6) is 3.82. The van der Waals surface area contributed by atoms with Crippen molar-refractivity contribution in [2.75, 3.05) is 6.54 Å². The van der Waals surface area contributed by atoms with E-state index in [1.54, 1.807) is 0 Å². The van der Waals surface area contributed by atoms with E-state index in [2.05, 4.69) is 26.1 Å². The zero-order valence-electron chi connectivity index (χ0n) is 12.0. The summed E-state index contributed by atoms with van der Waals surface area (Å²) < 4.78 is 0. The van der Waals surface area contributed by atoms with Gasteiger partial charge in [-0.3, -0.25) is 0 Å². The summed E-state index contributed by atoms with van der Waals surface area (Å²) in [6, 6.07) is 0.817. The standard InChI is InChI=1S/C16H31N/c1-4-15-8-9-16(13(15)3)17-11-14-7-5-6-12(2)10-14/h12-17H,4-11H2,1-3H3. The number of rotatable bonds is 4. The molecule has 0 aromatic rings. The van der Waals surface area contributed by atoms with E-state index in [0.717, 1.165) is 29.7 Å². The molecule has 2 rings (SSSR count). The second-order valence-corrected chi connectivity index (χ2v) is 6.76. The molecule has 0 aromatic heterocycles. The van der Waals surface area contributed by atoms with Gasteiger partial charge in [0.1, 0.15) is 0 Å². The molecule has 2 fully saturated rings. The zero-order valence-corrected chi connectivity index (χ0v) is 12.0. The highest BCUT2D eigenvalue weighted by atomic mass is 14.9. The van der Waals surface area contributed by atoms with Crippen LogP contribution in [0.25, 0.3) is 0 Å². The summed E-state index contributed by atoms with van der Waals surface area (Å²) in [6.45, 7) is 8.53. The van der Waals surface area contributed by atoms with Gasteiger partial charge >= 0.3 is 0 Å². The first-order valence-electron chi connectivity index (χ1n) is 7.94. The van der Waals surface area contributed by atoms with E-state index in [9.17, 15) is 0 Å². The van der Waals surface area contributed by atoms with Gasteiger partial charge in [0.15, 0.2) is 0 Å². The van der Waals surface area contributed by atoms with E-state index in [1.807, 2.05) is 0 Å². The van der Waals surface area contributed by atoms with Crippen LogP contribution in [0.5, 0.6) is 0 Å². The maximum absolute atomic E-state index is 3.89. The van der Waals surface area contributed by atoms with Gasteiger partial charge in [-0.25, -0.2) is 0 Å². The molecule has 1 heteroatoms. The summed E-state index contributed by atoms with van der Waals surface area (Å²) >= 11 is 0. The number of hydrogen-bond donors (Lipinski definition) is 1. The summed E-state index contributed by atoms with van der Waals surface area (Å²) in [5, 5.41) is 3.89. The highest BCUT2D eigenvalue weighted by molar-refractivity contribution is 4.87. The quantitative estimate of drug-likeness (QED) is 0.771. The van der Waals surface area contributed by atoms with Crippen LogP contribution in [-0.2, 0) is 0 Å². The third-order valence-corrected chi connectivity index (χ3v) is 5.46. The first kappa shape index (κ1) is 13.4. The van der Waals surface area contributed by atoms with Crippen LogP contribution >= 0.6 is 0 Å². The van der Waals surface area contributed by atoms with E-state index in [4.69, 9.17) is 0 Å². The maximum Gasteiger partial charge on any atom is 0.00955 e. The average molecular weight is 237 g/mol. The highest BCUT2D eigenvalue weighted by Gasteiger charge is 2.31. The van der Waals surface area contributed by atoms with E-state index in [0.29, 0.717) is 0 Å². The zero-order chi connectivity index (χ0) is 12.3. The molecule has 2 aliphatic rings. The van der Waals surface area contributed by atoms with Crippen LogP contribution in [0.3, 0.4) is 0 Å². The molecule has 0 amide bonds. The topological polar surface area (TPSA) is 12.0 Å². The fourth-order valence-corrected chi connectivity index (χ4v) is 4.17. The molecular formula is C16H31N. The monoisotopic (exact) mass is 237 g/mol. The van der Waals surface area contributed by atoms with Gasteiger partial charge in [0, 0.05) is 6.04 Å². The molecule has 5 atom stereocenters. The fourth-order valence-electron chi connectivity index (χ4n) is 4.17. The van der Waals surface area contributed by atoms with Gasteiger partial charge in [-0.2, -0.15) is 0 Å². The molecule has 5 unspecified atom stereocenters. The minimum Gasteiger partial charge on any atom is -0.313 e. The fraction of sp³-hybridized carbons (Fsp3) is 1.00. The normalized spacial score (nSPS) is 42.9. The van der Waals surface area contributed by atoms with Crippen LogP contribution in [0.15, 0.2) is 0 Å². The van der Waals surface area contributed by atoms with Crippen molar-refractivity contribution in [3.8, 4) is 0 Å². The molecule has 1 N–H and O–H groups in total. The minimum atomic E-state index is 0.817. The van der Waals surface area contributed by atoms with Gasteiger partial charge in [-0.05, 0) is 55.9 Å². The second kappa shape index (κ2) is 6.22. The van der Waals surface area contributed by atoms with Gasteiger partial charge in [0.2, 0.25) is 0 Å². The first-order chi connectivity index (χ1) is 8.20. The van der Waals surface area contributed by atoms with Gasteiger partial charge in [0.05, 0.1) is 0 Å². The predicted octanol–water partition coefficient (Wildman–Crippen LogP) is 4.23. The lowest BCUT2D eigenvalue weighted by molar-refractivity contribution is 0.254. The number of hydrogen-bond acceptors (Lipinski definition) is 1. The van der Waals surface area contributed by atoms with E-state index >= 15 is 0 Å². The second-order valence-electron chi connectivity index (χ2n) is 6.76. The van der Waals surface area contributed by atoms with Gasteiger partial charge in [-0.1, -0.05) is 40.0 Å². The smallest absolute Gasteiger partial charge is 0.00955 e. The van der Waals surface area contributed by atoms with Crippen LogP contribution in [0.2, 0.25) is 0 Å². The van der Waals surface area contributed by atoms with Crippen LogP contribution in [-0.4, -0.2) is 12.6 Å². The van der Waals surface area contributed by atoms with Crippen molar-refractivity contribution in [3.63, 3.8) is 0 Å². The predicted molar refractivity (Wildman–Crippen MR) is 75.1 cm³/mol. The first-order valence-corrected chi connectivity index (χ1v) is 7.94. The third kappa shape index (κ3) is 3.47. The molecule has 2 aliphatic carbocycles. The minimum absolute atomic E-state index is 0.817. The molecule has 17 heavy (non-hydrogen) atoms. The molecular weight excluding hydrogens is 206 g/mol. The van der Waals surface area contributed by atoms with Crippen molar-refractivity contribution in [1.82, 2.24) is 5.32 Å². The third-order valence-electron chi connectivity index (χ3n) is 5.46. The van der Waals surface area contributed by atoms with E-state index < -0.39 is 0 Å². The van der Waals surface area contributed by atoms with Crippen molar-refractivity contribution >= 4 is 0 Å². The SMILES string of the molecule is CCC1CCC(NCC2CCCC(C)C2)C1C. The molecule has 0 radical (unpaired) electrons. The summed E-state index contributed by atoms with van der Waals surface area (Å²) in [7, 11) is 0. The molecule has 0 bridgehead atoms. The van der Waals surface area contributed by atoms with Gasteiger partial charge in [-0.15, -0.1) is 0 Å². The molecule has 0 aliphatic heterocycles. The lowest BCUT2D eigenvalue weighted by Crippen LogP contribution is -2.37. The summed E-state index contributed by atoms with van der Waals surface area (Å²) in [4.78, 5) is 0. The Bertz CT molecular complexity index is 226. The van der Waals surface area contributed by atoms with Crippen molar-refractivity contribution < 1.29 is 0 Å². The molecule has 0 aromatic carbocycles. The van der Waals surface area contributed by atoms with Crippen molar-refractivity contribution in [3.05, 3.63) is 0 Å². The lowest BCUT2D eigenvalue weighted by Gasteiger charge is -2.29. The lowest BCUT2D eigenvalue weighted by atomic mass is 9.82. The highest BCUT2D eigenvalue weighted by Crippen LogP contribution is 2.34. The van der Waals surface area contributed by atoms with Crippen molar-refractivity contribution in [2.24, 2.45) is 23.7 Å². The van der Waals surface area contributed by atoms with Crippen LogP contribution in [0.4, 0.5) is 0 Å².